The highest BCUT2D eigenvalue weighted by Crippen LogP contribution is 2.36. The number of hydrogen-bond donors (Lipinski definition) is 1. The fraction of sp³-hybridized carbons (Fsp3) is 0.529. The first-order valence-corrected chi connectivity index (χ1v) is 8.63. The fourth-order valence-electron chi connectivity index (χ4n) is 3.36. The number of nitrogens with one attached hydrogen (secondary N) is 1. The van der Waals surface area contributed by atoms with Gasteiger partial charge in [-0.25, -0.2) is 15.0 Å². The van der Waals surface area contributed by atoms with Crippen molar-refractivity contribution >= 4 is 11.7 Å². The predicted molar refractivity (Wildman–Crippen MR) is 91.5 cm³/mol. The summed E-state index contributed by atoms with van der Waals surface area (Å²) < 4.78 is 7.12. The molecule has 25 heavy (non-hydrogen) atoms. The summed E-state index contributed by atoms with van der Waals surface area (Å²) in [6.45, 7) is 3.21. The zero-order valence-electron chi connectivity index (χ0n) is 14.3. The normalized spacial score (nSPS) is 23.2. The van der Waals surface area contributed by atoms with Gasteiger partial charge in [0, 0.05) is 56.3 Å². The SMILES string of the molecule is Cn1ccnc1C(=O)NC1CC(c2cc(N3CCOCC3)ncn2)C1. The van der Waals surface area contributed by atoms with Gasteiger partial charge in [-0.15, -0.1) is 0 Å². The fourth-order valence-corrected chi connectivity index (χ4v) is 3.36. The quantitative estimate of drug-likeness (QED) is 0.881. The van der Waals surface area contributed by atoms with Crippen LogP contribution in [-0.4, -0.2) is 57.8 Å². The standard InChI is InChI=1S/C17H22N6O2/c1-22-3-2-18-16(22)17(24)21-13-8-12(9-13)14-10-15(20-11-19-14)23-4-6-25-7-5-23/h2-3,10-13H,4-9H2,1H3,(H,21,24). The molecule has 2 fully saturated rings. The summed E-state index contributed by atoms with van der Waals surface area (Å²) in [5.41, 5.74) is 1.05. The number of amides is 1. The van der Waals surface area contributed by atoms with E-state index in [1.807, 2.05) is 7.05 Å². The molecule has 8 heteroatoms. The Labute approximate surface area is 146 Å². The molecule has 4 rings (SSSR count). The zero-order chi connectivity index (χ0) is 17.2. The highest BCUT2D eigenvalue weighted by atomic mass is 16.5. The topological polar surface area (TPSA) is 85.2 Å². The summed E-state index contributed by atoms with van der Waals surface area (Å²) in [5, 5.41) is 3.04. The Hall–Kier alpha value is -2.48. The van der Waals surface area contributed by atoms with Gasteiger partial charge in [0.05, 0.1) is 13.2 Å². The van der Waals surface area contributed by atoms with Gasteiger partial charge in [0.25, 0.3) is 5.91 Å². The van der Waals surface area contributed by atoms with Crippen molar-refractivity contribution in [2.24, 2.45) is 7.05 Å². The maximum atomic E-state index is 12.2. The molecule has 2 aromatic heterocycles. The van der Waals surface area contributed by atoms with Crippen LogP contribution in [0.5, 0.6) is 0 Å². The maximum Gasteiger partial charge on any atom is 0.287 e. The number of anilines is 1. The molecule has 0 bridgehead atoms. The van der Waals surface area contributed by atoms with E-state index in [2.05, 4.69) is 31.2 Å². The summed E-state index contributed by atoms with van der Waals surface area (Å²) in [6.07, 6.45) is 6.84. The molecule has 2 aromatic rings. The van der Waals surface area contributed by atoms with Gasteiger partial charge in [0.15, 0.2) is 5.82 Å². The van der Waals surface area contributed by atoms with Crippen LogP contribution in [0.2, 0.25) is 0 Å². The zero-order valence-corrected chi connectivity index (χ0v) is 14.3. The van der Waals surface area contributed by atoms with Crippen molar-refractivity contribution in [1.82, 2.24) is 24.8 Å². The van der Waals surface area contributed by atoms with Gasteiger partial charge in [0.2, 0.25) is 0 Å². The van der Waals surface area contributed by atoms with Crippen molar-refractivity contribution in [3.63, 3.8) is 0 Å². The summed E-state index contributed by atoms with van der Waals surface area (Å²) >= 11 is 0. The third-order valence-electron chi connectivity index (χ3n) is 4.92. The minimum Gasteiger partial charge on any atom is -0.378 e. The molecule has 0 spiro atoms. The Bertz CT molecular complexity index is 749. The van der Waals surface area contributed by atoms with E-state index in [0.717, 1.165) is 50.7 Å². The lowest BCUT2D eigenvalue weighted by Crippen LogP contribution is -2.44. The van der Waals surface area contributed by atoms with Gasteiger partial charge in [-0.3, -0.25) is 4.79 Å². The van der Waals surface area contributed by atoms with Gasteiger partial charge in [0.1, 0.15) is 12.1 Å². The molecule has 1 saturated heterocycles. The number of morpholine rings is 1. The van der Waals surface area contributed by atoms with Crippen molar-refractivity contribution in [2.75, 3.05) is 31.2 Å². The Morgan fingerprint density at radius 1 is 1.24 bits per heavy atom. The van der Waals surface area contributed by atoms with E-state index < -0.39 is 0 Å². The van der Waals surface area contributed by atoms with Crippen LogP contribution in [0.4, 0.5) is 5.82 Å². The van der Waals surface area contributed by atoms with E-state index in [0.29, 0.717) is 11.7 Å². The van der Waals surface area contributed by atoms with Gasteiger partial charge in [-0.05, 0) is 12.8 Å². The predicted octanol–water partition coefficient (Wildman–Crippen LogP) is 0.723. The Morgan fingerprint density at radius 2 is 2.04 bits per heavy atom. The number of ether oxygens (including phenoxy) is 1. The minimum absolute atomic E-state index is 0.118. The van der Waals surface area contributed by atoms with Crippen molar-refractivity contribution in [3.8, 4) is 0 Å². The van der Waals surface area contributed by atoms with Crippen LogP contribution in [0, 0.1) is 0 Å². The van der Waals surface area contributed by atoms with Crippen LogP contribution in [-0.2, 0) is 11.8 Å². The number of imidazole rings is 1. The first kappa shape index (κ1) is 16.0. The Kier molecular flexibility index (Phi) is 4.35. The monoisotopic (exact) mass is 342 g/mol. The van der Waals surface area contributed by atoms with Crippen LogP contribution in [0.3, 0.4) is 0 Å². The molecular formula is C17H22N6O2. The van der Waals surface area contributed by atoms with Crippen LogP contribution < -0.4 is 10.2 Å². The molecule has 132 valence electrons. The van der Waals surface area contributed by atoms with Gasteiger partial charge in [-0.1, -0.05) is 0 Å². The highest BCUT2D eigenvalue weighted by molar-refractivity contribution is 5.91. The van der Waals surface area contributed by atoms with E-state index in [-0.39, 0.29) is 11.9 Å². The van der Waals surface area contributed by atoms with Crippen molar-refractivity contribution in [1.29, 1.82) is 0 Å². The number of carbonyl (C=O) groups is 1. The summed E-state index contributed by atoms with van der Waals surface area (Å²) in [7, 11) is 1.82. The summed E-state index contributed by atoms with van der Waals surface area (Å²) in [5.74, 6) is 1.66. The molecule has 1 N–H and O–H groups in total. The smallest absolute Gasteiger partial charge is 0.287 e. The number of aryl methyl sites for hydroxylation is 1. The number of nitrogens with zero attached hydrogens (tertiary/aromatic N) is 5. The number of hydrogen-bond acceptors (Lipinski definition) is 6. The van der Waals surface area contributed by atoms with Crippen molar-refractivity contribution < 1.29 is 9.53 Å². The molecule has 1 aliphatic heterocycles. The second kappa shape index (κ2) is 6.79. The first-order chi connectivity index (χ1) is 12.2. The maximum absolute atomic E-state index is 12.2. The molecule has 1 amide bonds. The van der Waals surface area contributed by atoms with Gasteiger partial charge in [-0.2, -0.15) is 0 Å². The molecule has 8 nitrogen and oxygen atoms in total. The molecule has 3 heterocycles. The summed E-state index contributed by atoms with van der Waals surface area (Å²) in [4.78, 5) is 27.3. The second-order valence-corrected chi connectivity index (χ2v) is 6.60. The summed E-state index contributed by atoms with van der Waals surface area (Å²) in [6, 6.07) is 2.25. The van der Waals surface area contributed by atoms with Crippen molar-refractivity contribution in [2.45, 2.75) is 24.8 Å². The lowest BCUT2D eigenvalue weighted by molar-refractivity contribution is 0.0894. The molecule has 0 radical (unpaired) electrons. The molecule has 0 unspecified atom stereocenters. The van der Waals surface area contributed by atoms with E-state index in [9.17, 15) is 4.79 Å². The Morgan fingerprint density at radius 3 is 2.76 bits per heavy atom. The lowest BCUT2D eigenvalue weighted by Gasteiger charge is -2.36. The molecular weight excluding hydrogens is 320 g/mol. The average Bonchev–Trinajstić information content (AvgIpc) is 3.04. The van der Waals surface area contributed by atoms with Crippen molar-refractivity contribution in [3.05, 3.63) is 36.3 Å². The largest absolute Gasteiger partial charge is 0.378 e. The minimum atomic E-state index is -0.118. The third-order valence-corrected chi connectivity index (χ3v) is 4.92. The first-order valence-electron chi connectivity index (χ1n) is 8.63. The third kappa shape index (κ3) is 3.34. The highest BCUT2D eigenvalue weighted by Gasteiger charge is 2.33. The van der Waals surface area contributed by atoms with Gasteiger partial charge < -0.3 is 19.5 Å². The number of aromatic nitrogens is 4. The van der Waals surface area contributed by atoms with E-state index >= 15 is 0 Å². The van der Waals surface area contributed by atoms with Crippen LogP contribution >= 0.6 is 0 Å². The number of rotatable bonds is 4. The van der Waals surface area contributed by atoms with Gasteiger partial charge >= 0.3 is 0 Å². The molecule has 1 aliphatic carbocycles. The van der Waals surface area contributed by atoms with Crippen LogP contribution in [0.1, 0.15) is 35.1 Å². The van der Waals surface area contributed by atoms with E-state index in [4.69, 9.17) is 4.74 Å². The average molecular weight is 342 g/mol. The lowest BCUT2D eigenvalue weighted by atomic mass is 9.78. The second-order valence-electron chi connectivity index (χ2n) is 6.60. The van der Waals surface area contributed by atoms with Crippen LogP contribution in [0.15, 0.2) is 24.8 Å². The number of carbonyl (C=O) groups excluding carboxylic acids is 1. The molecule has 1 saturated carbocycles. The molecule has 2 aliphatic rings. The molecule has 0 aromatic carbocycles. The van der Waals surface area contributed by atoms with Crippen LogP contribution in [0.25, 0.3) is 0 Å². The van der Waals surface area contributed by atoms with E-state index in [1.54, 1.807) is 23.3 Å². The Balaban J connectivity index is 1.34. The van der Waals surface area contributed by atoms with E-state index in [1.165, 1.54) is 0 Å². The molecule has 0 atom stereocenters.